The van der Waals surface area contributed by atoms with E-state index in [-0.39, 0.29) is 0 Å². The Morgan fingerprint density at radius 3 is 3.00 bits per heavy atom. The highest BCUT2D eigenvalue weighted by molar-refractivity contribution is 5.91. The molecule has 0 spiro atoms. The average molecular weight is 284 g/mol. The minimum absolute atomic E-state index is 0.402. The highest BCUT2D eigenvalue weighted by Crippen LogP contribution is 2.26. The molecule has 3 rings (SSSR count). The smallest absolute Gasteiger partial charge is 0.126 e. The largest absolute Gasteiger partial charge is 0.392 e. The third-order valence-corrected chi connectivity index (χ3v) is 3.06. The summed E-state index contributed by atoms with van der Waals surface area (Å²) in [6.45, 7) is 2.13. The van der Waals surface area contributed by atoms with Crippen LogP contribution in [0.25, 0.3) is 22.3 Å². The molecule has 0 aromatic carbocycles. The van der Waals surface area contributed by atoms with Crippen LogP contribution in [0.1, 0.15) is 6.92 Å². The van der Waals surface area contributed by atoms with Crippen molar-refractivity contribution in [3.8, 4) is 11.3 Å². The zero-order valence-corrected chi connectivity index (χ0v) is 11.5. The predicted octanol–water partition coefficient (Wildman–Crippen LogP) is 1.39. The first-order valence-electron chi connectivity index (χ1n) is 6.61. The van der Waals surface area contributed by atoms with Crippen LogP contribution in [0.2, 0.25) is 0 Å². The number of hydrogen-bond donors (Lipinski definition) is 4. The van der Waals surface area contributed by atoms with E-state index < -0.39 is 6.10 Å². The molecule has 0 aliphatic carbocycles. The summed E-state index contributed by atoms with van der Waals surface area (Å²) in [7, 11) is 0. The van der Waals surface area contributed by atoms with Crippen molar-refractivity contribution in [1.29, 1.82) is 0 Å². The number of aliphatic hydroxyl groups excluding tert-OH is 1. The Bertz CT molecular complexity index is 754. The lowest BCUT2D eigenvalue weighted by Crippen LogP contribution is -2.16. The third-order valence-electron chi connectivity index (χ3n) is 3.06. The molecule has 3 aromatic rings. The van der Waals surface area contributed by atoms with E-state index in [0.29, 0.717) is 23.4 Å². The summed E-state index contributed by atoms with van der Waals surface area (Å²) >= 11 is 0. The maximum Gasteiger partial charge on any atom is 0.126 e. The van der Waals surface area contributed by atoms with Crippen LogP contribution in [-0.4, -0.2) is 37.9 Å². The Kier molecular flexibility index (Phi) is 3.41. The van der Waals surface area contributed by atoms with E-state index in [1.54, 1.807) is 25.4 Å². The number of nitrogen functional groups attached to an aromatic ring is 1. The molecule has 1 atom stereocenters. The van der Waals surface area contributed by atoms with Gasteiger partial charge < -0.3 is 16.2 Å². The van der Waals surface area contributed by atoms with Gasteiger partial charge >= 0.3 is 0 Å². The van der Waals surface area contributed by atoms with Gasteiger partial charge in [-0.05, 0) is 19.1 Å². The van der Waals surface area contributed by atoms with E-state index in [1.807, 2.05) is 12.1 Å². The standard InChI is InChI=1S/C14H16N6O/c1-8(21)6-16-11-5-13(15)19-12-4-9(7-17-14(11)12)10-2-3-18-20-10/h2-5,7-8,21H,6H2,1H3,(H,18,20)(H3,15,16,19)/t8-/m0/s1. The van der Waals surface area contributed by atoms with E-state index in [2.05, 4.69) is 25.5 Å². The summed E-state index contributed by atoms with van der Waals surface area (Å²) in [6, 6.07) is 5.48. The molecule has 7 nitrogen and oxygen atoms in total. The summed E-state index contributed by atoms with van der Waals surface area (Å²) in [4.78, 5) is 8.76. The Labute approximate surface area is 121 Å². The molecule has 3 heterocycles. The van der Waals surface area contributed by atoms with Crippen LogP contribution in [-0.2, 0) is 0 Å². The third kappa shape index (κ3) is 2.77. The van der Waals surface area contributed by atoms with Crippen LogP contribution in [0.5, 0.6) is 0 Å². The molecule has 108 valence electrons. The van der Waals surface area contributed by atoms with Gasteiger partial charge in [-0.2, -0.15) is 5.10 Å². The second-order valence-electron chi connectivity index (χ2n) is 4.89. The molecule has 0 saturated heterocycles. The molecule has 0 bridgehead atoms. The van der Waals surface area contributed by atoms with Gasteiger partial charge in [-0.25, -0.2) is 4.98 Å². The zero-order chi connectivity index (χ0) is 14.8. The SMILES string of the molecule is C[C@H](O)CNc1cc(N)nc2cc(-c3ccn[nH]3)cnc12. The van der Waals surface area contributed by atoms with Gasteiger partial charge in [0, 0.05) is 30.6 Å². The van der Waals surface area contributed by atoms with Gasteiger partial charge in [0.1, 0.15) is 11.3 Å². The van der Waals surface area contributed by atoms with Crippen LogP contribution >= 0.6 is 0 Å². The van der Waals surface area contributed by atoms with Gasteiger partial charge in [0.25, 0.3) is 0 Å². The molecule has 3 aromatic heterocycles. The van der Waals surface area contributed by atoms with Crippen molar-refractivity contribution in [2.45, 2.75) is 13.0 Å². The first-order chi connectivity index (χ1) is 10.1. The van der Waals surface area contributed by atoms with Gasteiger partial charge in [-0.3, -0.25) is 10.1 Å². The second-order valence-corrected chi connectivity index (χ2v) is 4.89. The molecule has 0 aliphatic heterocycles. The lowest BCUT2D eigenvalue weighted by atomic mass is 10.1. The molecule has 0 fully saturated rings. The summed E-state index contributed by atoms with van der Waals surface area (Å²) < 4.78 is 0. The number of aromatic amines is 1. The molecule has 0 unspecified atom stereocenters. The van der Waals surface area contributed by atoms with Crippen molar-refractivity contribution >= 4 is 22.5 Å². The number of nitrogens with two attached hydrogens (primary N) is 1. The number of aliphatic hydroxyl groups is 1. The Balaban J connectivity index is 2.05. The fourth-order valence-electron chi connectivity index (χ4n) is 2.09. The Hall–Kier alpha value is -2.67. The number of aromatic nitrogens is 4. The van der Waals surface area contributed by atoms with Crippen molar-refractivity contribution in [2.75, 3.05) is 17.6 Å². The monoisotopic (exact) mass is 284 g/mol. The molecule has 0 aliphatic rings. The van der Waals surface area contributed by atoms with Gasteiger partial charge in [0.05, 0.1) is 23.0 Å². The van der Waals surface area contributed by atoms with E-state index in [0.717, 1.165) is 16.9 Å². The number of pyridine rings is 2. The summed E-state index contributed by atoms with van der Waals surface area (Å²) in [5.74, 6) is 0.402. The molecule has 0 saturated carbocycles. The van der Waals surface area contributed by atoms with Crippen molar-refractivity contribution in [2.24, 2.45) is 0 Å². The quantitative estimate of drug-likeness (QED) is 0.576. The first-order valence-corrected chi connectivity index (χ1v) is 6.61. The lowest BCUT2D eigenvalue weighted by molar-refractivity contribution is 0.208. The topological polar surface area (TPSA) is 113 Å². The van der Waals surface area contributed by atoms with Gasteiger partial charge in [-0.1, -0.05) is 0 Å². The van der Waals surface area contributed by atoms with E-state index in [4.69, 9.17) is 5.73 Å². The number of fused-ring (bicyclic) bond motifs is 1. The van der Waals surface area contributed by atoms with Crippen molar-refractivity contribution in [3.63, 3.8) is 0 Å². The highest BCUT2D eigenvalue weighted by Gasteiger charge is 2.09. The maximum absolute atomic E-state index is 9.38. The number of nitrogens with zero attached hydrogens (tertiary/aromatic N) is 3. The molecular formula is C14H16N6O. The average Bonchev–Trinajstić information content (AvgIpc) is 2.98. The number of rotatable bonds is 4. The van der Waals surface area contributed by atoms with Gasteiger partial charge in [-0.15, -0.1) is 0 Å². The van der Waals surface area contributed by atoms with Crippen LogP contribution in [0, 0.1) is 0 Å². The second kappa shape index (κ2) is 5.37. The first kappa shape index (κ1) is 13.3. The molecular weight excluding hydrogens is 268 g/mol. The molecule has 5 N–H and O–H groups in total. The summed E-state index contributed by atoms with van der Waals surface area (Å²) in [5.41, 5.74) is 9.76. The normalized spacial score (nSPS) is 12.5. The zero-order valence-electron chi connectivity index (χ0n) is 11.5. The van der Waals surface area contributed by atoms with Gasteiger partial charge in [0.15, 0.2) is 0 Å². The minimum Gasteiger partial charge on any atom is -0.392 e. The van der Waals surface area contributed by atoms with Crippen LogP contribution in [0.3, 0.4) is 0 Å². The fourth-order valence-corrected chi connectivity index (χ4v) is 2.09. The van der Waals surface area contributed by atoms with E-state index in [1.165, 1.54) is 0 Å². The minimum atomic E-state index is -0.460. The van der Waals surface area contributed by atoms with Crippen LogP contribution in [0.4, 0.5) is 11.5 Å². The van der Waals surface area contributed by atoms with Crippen molar-refractivity contribution < 1.29 is 5.11 Å². The predicted molar refractivity (Wildman–Crippen MR) is 81.7 cm³/mol. The number of anilines is 2. The van der Waals surface area contributed by atoms with Crippen LogP contribution in [0.15, 0.2) is 30.6 Å². The molecule has 7 heteroatoms. The highest BCUT2D eigenvalue weighted by atomic mass is 16.3. The Morgan fingerprint density at radius 1 is 1.43 bits per heavy atom. The van der Waals surface area contributed by atoms with Gasteiger partial charge in [0.2, 0.25) is 0 Å². The maximum atomic E-state index is 9.38. The summed E-state index contributed by atoms with van der Waals surface area (Å²) in [6.07, 6.45) is 2.97. The molecule has 0 amide bonds. The Morgan fingerprint density at radius 2 is 2.29 bits per heavy atom. The number of H-pyrrole nitrogens is 1. The summed E-state index contributed by atoms with van der Waals surface area (Å²) in [5, 5.41) is 19.3. The van der Waals surface area contributed by atoms with Crippen molar-refractivity contribution in [3.05, 3.63) is 30.6 Å². The lowest BCUT2D eigenvalue weighted by Gasteiger charge is -2.11. The van der Waals surface area contributed by atoms with Crippen molar-refractivity contribution in [1.82, 2.24) is 20.2 Å². The number of nitrogens with one attached hydrogen (secondary N) is 2. The van der Waals surface area contributed by atoms with Crippen LogP contribution < -0.4 is 11.1 Å². The van der Waals surface area contributed by atoms with E-state index >= 15 is 0 Å². The molecule has 0 radical (unpaired) electrons. The fraction of sp³-hybridized carbons (Fsp3) is 0.214. The number of hydrogen-bond acceptors (Lipinski definition) is 6. The molecule has 21 heavy (non-hydrogen) atoms. The van der Waals surface area contributed by atoms with E-state index in [9.17, 15) is 5.11 Å².